The zero-order valence-electron chi connectivity index (χ0n) is 7.83. The standard InChI is InChI=1S/C11H12N2/c1-8-6-9-4-3-5-11(12-2)10(9)7-13-8/h3-7,12H,1-2H3. The molecule has 66 valence electrons. The fourth-order valence-corrected chi connectivity index (χ4v) is 1.50. The van der Waals surface area contributed by atoms with Crippen LogP contribution in [0.1, 0.15) is 5.69 Å². The average Bonchev–Trinajstić information content (AvgIpc) is 2.16. The molecule has 0 aliphatic heterocycles. The number of rotatable bonds is 1. The maximum absolute atomic E-state index is 4.28. The second-order valence-electron chi connectivity index (χ2n) is 3.10. The van der Waals surface area contributed by atoms with Crippen LogP contribution in [0.15, 0.2) is 30.5 Å². The first-order valence-electron chi connectivity index (χ1n) is 4.34. The van der Waals surface area contributed by atoms with Crippen molar-refractivity contribution in [1.82, 2.24) is 4.98 Å². The highest BCUT2D eigenvalue weighted by Crippen LogP contribution is 2.22. The van der Waals surface area contributed by atoms with E-state index in [1.165, 1.54) is 10.8 Å². The summed E-state index contributed by atoms with van der Waals surface area (Å²) in [6, 6.07) is 8.30. The monoisotopic (exact) mass is 172 g/mol. The first-order valence-corrected chi connectivity index (χ1v) is 4.34. The summed E-state index contributed by atoms with van der Waals surface area (Å²) in [4.78, 5) is 4.28. The van der Waals surface area contributed by atoms with E-state index in [1.54, 1.807) is 0 Å². The largest absolute Gasteiger partial charge is 0.388 e. The van der Waals surface area contributed by atoms with E-state index >= 15 is 0 Å². The zero-order chi connectivity index (χ0) is 9.26. The fraction of sp³-hybridized carbons (Fsp3) is 0.182. The van der Waals surface area contributed by atoms with E-state index in [4.69, 9.17) is 0 Å². The number of aryl methyl sites for hydroxylation is 1. The number of anilines is 1. The molecule has 1 aromatic heterocycles. The Morgan fingerprint density at radius 3 is 2.92 bits per heavy atom. The average molecular weight is 172 g/mol. The van der Waals surface area contributed by atoms with Crippen LogP contribution in [0.25, 0.3) is 10.8 Å². The molecule has 1 N–H and O–H groups in total. The van der Waals surface area contributed by atoms with E-state index in [0.717, 1.165) is 11.4 Å². The Balaban J connectivity index is 2.77. The van der Waals surface area contributed by atoms with E-state index in [0.29, 0.717) is 0 Å². The van der Waals surface area contributed by atoms with Gasteiger partial charge in [0.2, 0.25) is 0 Å². The highest BCUT2D eigenvalue weighted by Gasteiger charge is 1.98. The van der Waals surface area contributed by atoms with E-state index < -0.39 is 0 Å². The lowest BCUT2D eigenvalue weighted by atomic mass is 10.1. The summed E-state index contributed by atoms with van der Waals surface area (Å²) in [5, 5.41) is 5.56. The molecule has 1 aromatic carbocycles. The minimum absolute atomic E-state index is 1.06. The van der Waals surface area contributed by atoms with Gasteiger partial charge in [-0.15, -0.1) is 0 Å². The first kappa shape index (κ1) is 8.05. The van der Waals surface area contributed by atoms with Crippen LogP contribution in [0.4, 0.5) is 5.69 Å². The van der Waals surface area contributed by atoms with Gasteiger partial charge in [-0.2, -0.15) is 0 Å². The molecule has 0 bridgehead atoms. The highest BCUT2D eigenvalue weighted by atomic mass is 14.8. The summed E-state index contributed by atoms with van der Waals surface area (Å²) in [6.07, 6.45) is 1.91. The van der Waals surface area contributed by atoms with Crippen LogP contribution >= 0.6 is 0 Å². The number of benzene rings is 1. The molecule has 0 amide bonds. The van der Waals surface area contributed by atoms with Gasteiger partial charge in [0.05, 0.1) is 0 Å². The number of hydrogen-bond acceptors (Lipinski definition) is 2. The fourth-order valence-electron chi connectivity index (χ4n) is 1.50. The van der Waals surface area contributed by atoms with Gasteiger partial charge in [-0.25, -0.2) is 0 Å². The summed E-state index contributed by atoms with van der Waals surface area (Å²) >= 11 is 0. The SMILES string of the molecule is CNc1cccc2cc(C)ncc12. The van der Waals surface area contributed by atoms with Crippen molar-refractivity contribution in [2.45, 2.75) is 6.92 Å². The number of hydrogen-bond donors (Lipinski definition) is 1. The van der Waals surface area contributed by atoms with Crippen molar-refractivity contribution < 1.29 is 0 Å². The first-order chi connectivity index (χ1) is 6.31. The summed E-state index contributed by atoms with van der Waals surface area (Å²) in [7, 11) is 1.93. The third kappa shape index (κ3) is 1.35. The third-order valence-corrected chi connectivity index (χ3v) is 2.17. The minimum Gasteiger partial charge on any atom is -0.388 e. The lowest BCUT2D eigenvalue weighted by Crippen LogP contribution is -1.90. The van der Waals surface area contributed by atoms with E-state index in [9.17, 15) is 0 Å². The zero-order valence-corrected chi connectivity index (χ0v) is 7.83. The summed E-state index contributed by atoms with van der Waals surface area (Å²) in [6.45, 7) is 2.01. The summed E-state index contributed by atoms with van der Waals surface area (Å²) in [5.74, 6) is 0. The second-order valence-corrected chi connectivity index (χ2v) is 3.10. The second kappa shape index (κ2) is 3.05. The predicted octanol–water partition coefficient (Wildman–Crippen LogP) is 2.58. The third-order valence-electron chi connectivity index (χ3n) is 2.17. The van der Waals surface area contributed by atoms with Crippen molar-refractivity contribution >= 4 is 16.5 Å². The molecule has 0 atom stereocenters. The molecule has 0 aliphatic rings. The maximum atomic E-state index is 4.28. The Kier molecular flexibility index (Phi) is 1.89. The smallest absolute Gasteiger partial charge is 0.0432 e. The minimum atomic E-state index is 1.06. The van der Waals surface area contributed by atoms with Gasteiger partial charge in [-0.05, 0) is 24.4 Å². The van der Waals surface area contributed by atoms with Crippen molar-refractivity contribution in [3.63, 3.8) is 0 Å². The summed E-state index contributed by atoms with van der Waals surface area (Å²) < 4.78 is 0. The molecule has 0 saturated carbocycles. The number of fused-ring (bicyclic) bond motifs is 1. The Morgan fingerprint density at radius 2 is 2.15 bits per heavy atom. The molecule has 0 radical (unpaired) electrons. The van der Waals surface area contributed by atoms with Crippen LogP contribution in [-0.2, 0) is 0 Å². The van der Waals surface area contributed by atoms with Crippen molar-refractivity contribution in [2.75, 3.05) is 12.4 Å². The molecule has 0 spiro atoms. The van der Waals surface area contributed by atoms with Gasteiger partial charge in [0, 0.05) is 30.0 Å². The van der Waals surface area contributed by atoms with Gasteiger partial charge < -0.3 is 5.32 Å². The number of pyridine rings is 1. The molecule has 2 rings (SSSR count). The molecule has 0 unspecified atom stereocenters. The number of nitrogens with zero attached hydrogens (tertiary/aromatic N) is 1. The van der Waals surface area contributed by atoms with E-state index in [1.807, 2.05) is 26.2 Å². The molecular formula is C11H12N2. The van der Waals surface area contributed by atoms with Gasteiger partial charge in [0.15, 0.2) is 0 Å². The quantitative estimate of drug-likeness (QED) is 0.715. The molecule has 2 aromatic rings. The van der Waals surface area contributed by atoms with Crippen LogP contribution in [0, 0.1) is 6.92 Å². The van der Waals surface area contributed by atoms with Crippen molar-refractivity contribution in [3.05, 3.63) is 36.2 Å². The van der Waals surface area contributed by atoms with Gasteiger partial charge in [0.1, 0.15) is 0 Å². The number of nitrogens with one attached hydrogen (secondary N) is 1. The Bertz CT molecular complexity index is 435. The number of aromatic nitrogens is 1. The van der Waals surface area contributed by atoms with Crippen LogP contribution in [0.2, 0.25) is 0 Å². The normalized spacial score (nSPS) is 10.3. The molecule has 13 heavy (non-hydrogen) atoms. The van der Waals surface area contributed by atoms with Gasteiger partial charge in [-0.1, -0.05) is 12.1 Å². The van der Waals surface area contributed by atoms with Gasteiger partial charge >= 0.3 is 0 Å². The Labute approximate surface area is 77.6 Å². The molecular weight excluding hydrogens is 160 g/mol. The van der Waals surface area contributed by atoms with E-state index in [2.05, 4.69) is 28.5 Å². The van der Waals surface area contributed by atoms with Crippen LogP contribution < -0.4 is 5.32 Å². The lowest BCUT2D eigenvalue weighted by Gasteiger charge is -2.05. The summed E-state index contributed by atoms with van der Waals surface area (Å²) in [5.41, 5.74) is 2.19. The van der Waals surface area contributed by atoms with Crippen molar-refractivity contribution in [2.24, 2.45) is 0 Å². The molecule has 0 aliphatic carbocycles. The molecule has 2 nitrogen and oxygen atoms in total. The maximum Gasteiger partial charge on any atom is 0.0432 e. The van der Waals surface area contributed by atoms with Gasteiger partial charge in [0.25, 0.3) is 0 Å². The molecule has 2 heteroatoms. The Hall–Kier alpha value is -1.57. The highest BCUT2D eigenvalue weighted by molar-refractivity contribution is 5.93. The van der Waals surface area contributed by atoms with Gasteiger partial charge in [-0.3, -0.25) is 4.98 Å². The molecule has 0 saturated heterocycles. The Morgan fingerprint density at radius 1 is 1.31 bits per heavy atom. The van der Waals surface area contributed by atoms with Crippen LogP contribution in [0.5, 0.6) is 0 Å². The van der Waals surface area contributed by atoms with Crippen molar-refractivity contribution in [1.29, 1.82) is 0 Å². The molecule has 1 heterocycles. The predicted molar refractivity (Wildman–Crippen MR) is 56.0 cm³/mol. The van der Waals surface area contributed by atoms with Crippen LogP contribution in [0.3, 0.4) is 0 Å². The van der Waals surface area contributed by atoms with Crippen molar-refractivity contribution in [3.8, 4) is 0 Å². The topological polar surface area (TPSA) is 24.9 Å². The van der Waals surface area contributed by atoms with E-state index in [-0.39, 0.29) is 0 Å². The van der Waals surface area contributed by atoms with Crippen LogP contribution in [-0.4, -0.2) is 12.0 Å². The molecule has 0 fully saturated rings. The lowest BCUT2D eigenvalue weighted by molar-refractivity contribution is 1.22.